The Hall–Kier alpha value is -6.70. The minimum absolute atomic E-state index is 0.103. The van der Waals surface area contributed by atoms with Crippen molar-refractivity contribution in [1.29, 1.82) is 0 Å². The first-order valence-corrected chi connectivity index (χ1v) is 17.7. The second kappa shape index (κ2) is 11.4. The van der Waals surface area contributed by atoms with E-state index in [-0.39, 0.29) is 12.3 Å². The Morgan fingerprint density at radius 2 is 1.48 bits per heavy atom. The first kappa shape index (κ1) is 29.1. The third-order valence-corrected chi connectivity index (χ3v) is 10.5. The lowest BCUT2D eigenvalue weighted by molar-refractivity contribution is 0.341. The number of hydrogen-bond acceptors (Lipinski definition) is 6. The molecule has 3 aromatic heterocycles. The Morgan fingerprint density at radius 1 is 0.692 bits per heavy atom. The first-order chi connectivity index (χ1) is 25.8. The number of pyridine rings is 1. The van der Waals surface area contributed by atoms with Gasteiger partial charge in [0.1, 0.15) is 29.5 Å². The lowest BCUT2D eigenvalue weighted by Gasteiger charge is -2.13. The summed E-state index contributed by atoms with van der Waals surface area (Å²) in [6.07, 6.45) is 10.0. The zero-order valence-corrected chi connectivity index (χ0v) is 28.1. The molecular weight excluding hydrogens is 641 g/mol. The summed E-state index contributed by atoms with van der Waals surface area (Å²) in [5.74, 6) is 1.85. The number of allylic oxidation sites excluding steroid dienone is 2. The number of hydrazine groups is 1. The van der Waals surface area contributed by atoms with Gasteiger partial charge in [0.2, 0.25) is 0 Å². The van der Waals surface area contributed by atoms with Gasteiger partial charge < -0.3 is 14.3 Å². The van der Waals surface area contributed by atoms with Crippen molar-refractivity contribution in [3.63, 3.8) is 0 Å². The molecule has 3 aliphatic rings. The van der Waals surface area contributed by atoms with E-state index in [4.69, 9.17) is 9.41 Å². The van der Waals surface area contributed by atoms with Gasteiger partial charge >= 0.3 is 0 Å². The molecule has 1 N–H and O–H groups in total. The average Bonchev–Trinajstić information content (AvgIpc) is 3.47. The normalized spacial score (nSPS) is 19.2. The third kappa shape index (κ3) is 4.49. The van der Waals surface area contributed by atoms with Crippen LogP contribution in [0.3, 0.4) is 0 Å². The van der Waals surface area contributed by atoms with E-state index < -0.39 is 0 Å². The number of nitrogens with one attached hydrogen (secondary N) is 1. The Morgan fingerprint density at radius 3 is 2.29 bits per heavy atom. The van der Waals surface area contributed by atoms with Crippen LogP contribution in [0, 0.1) is 0 Å². The summed E-state index contributed by atoms with van der Waals surface area (Å²) in [5, 5.41) is 11.3. The highest BCUT2D eigenvalue weighted by molar-refractivity contribution is 6.20. The van der Waals surface area contributed by atoms with Crippen LogP contribution in [0.15, 0.2) is 174 Å². The Kier molecular flexibility index (Phi) is 6.38. The number of para-hydroxylation sites is 1. The van der Waals surface area contributed by atoms with Crippen molar-refractivity contribution in [3.05, 3.63) is 186 Å². The molecule has 1 fully saturated rings. The van der Waals surface area contributed by atoms with Crippen LogP contribution < -0.4 is 5.32 Å². The van der Waals surface area contributed by atoms with Crippen molar-refractivity contribution in [2.24, 2.45) is 4.99 Å². The molecule has 7 nitrogen and oxygen atoms in total. The summed E-state index contributed by atoms with van der Waals surface area (Å²) in [6.45, 7) is 0.851. The molecule has 3 atom stereocenters. The summed E-state index contributed by atoms with van der Waals surface area (Å²) in [4.78, 5) is 9.54. The van der Waals surface area contributed by atoms with Gasteiger partial charge in [0.15, 0.2) is 0 Å². The van der Waals surface area contributed by atoms with Crippen molar-refractivity contribution in [2.45, 2.75) is 12.3 Å². The zero-order chi connectivity index (χ0) is 34.2. The average molecular weight is 673 g/mol. The molecule has 3 unspecified atom stereocenters. The van der Waals surface area contributed by atoms with Crippen LogP contribution in [0.1, 0.15) is 34.6 Å². The van der Waals surface area contributed by atoms with E-state index >= 15 is 0 Å². The molecular formula is C45H32N6O. The Bertz CT molecular complexity index is 2740. The van der Waals surface area contributed by atoms with Crippen LogP contribution in [-0.2, 0) is 0 Å². The van der Waals surface area contributed by atoms with Gasteiger partial charge in [-0.2, -0.15) is 5.01 Å². The zero-order valence-electron chi connectivity index (χ0n) is 28.1. The van der Waals surface area contributed by atoms with E-state index in [2.05, 4.69) is 152 Å². The molecule has 0 aliphatic carbocycles. The van der Waals surface area contributed by atoms with Gasteiger partial charge in [-0.25, -0.2) is 4.99 Å². The predicted octanol–water partition coefficient (Wildman–Crippen LogP) is 9.78. The van der Waals surface area contributed by atoms with Gasteiger partial charge in [-0.15, -0.1) is 0 Å². The van der Waals surface area contributed by atoms with E-state index in [1.807, 2.05) is 36.8 Å². The van der Waals surface area contributed by atoms with Crippen molar-refractivity contribution < 1.29 is 4.42 Å². The van der Waals surface area contributed by atoms with Gasteiger partial charge in [0.25, 0.3) is 0 Å². The topological polar surface area (TPSA) is 61.4 Å². The minimum atomic E-state index is -0.119. The van der Waals surface area contributed by atoms with Crippen molar-refractivity contribution >= 4 is 44.2 Å². The second-order valence-corrected chi connectivity index (χ2v) is 13.5. The van der Waals surface area contributed by atoms with Crippen molar-refractivity contribution in [3.8, 4) is 17.0 Å². The maximum Gasteiger partial charge on any atom is 0.150 e. The highest BCUT2D eigenvalue weighted by Gasteiger charge is 2.57. The number of hydrogen-bond donors (Lipinski definition) is 1. The van der Waals surface area contributed by atoms with E-state index in [1.54, 1.807) is 0 Å². The molecule has 0 bridgehead atoms. The molecule has 0 saturated carbocycles. The van der Waals surface area contributed by atoms with Crippen molar-refractivity contribution in [2.75, 3.05) is 6.54 Å². The third-order valence-electron chi connectivity index (χ3n) is 10.5. The number of benzene rings is 5. The van der Waals surface area contributed by atoms with Crippen LogP contribution in [0.25, 0.3) is 55.4 Å². The van der Waals surface area contributed by atoms with Gasteiger partial charge in [0, 0.05) is 46.5 Å². The Labute approximate surface area is 300 Å². The number of dihydropyridines is 1. The smallest absolute Gasteiger partial charge is 0.150 e. The standard InChI is InChI=1S/C45H32N6O/c1-2-6-31(7-3-1)40-28-35-16-19-39-41(42(35)52-40)37-8-4-5-9-38(37)49(39)36-17-14-32(15-18-36)43-48-44(33-22-26-47-27-23-33)51-45(50(43)51)34-12-10-29(11-13-34)30-20-24-46-25-21-30/h1-24,26-28,44-46H,25H2. The largest absolute Gasteiger partial charge is 0.455 e. The highest BCUT2D eigenvalue weighted by atomic mass is 16.3. The molecule has 8 aromatic rings. The van der Waals surface area contributed by atoms with Gasteiger partial charge in [0.05, 0.1) is 16.4 Å². The molecule has 0 spiro atoms. The molecule has 7 heteroatoms. The minimum Gasteiger partial charge on any atom is -0.455 e. The van der Waals surface area contributed by atoms with Crippen LogP contribution >= 0.6 is 0 Å². The fourth-order valence-corrected chi connectivity index (χ4v) is 8.01. The van der Waals surface area contributed by atoms with Gasteiger partial charge in [-0.3, -0.25) is 9.99 Å². The van der Waals surface area contributed by atoms with E-state index in [1.165, 1.54) is 22.1 Å². The molecule has 248 valence electrons. The molecule has 6 heterocycles. The predicted molar refractivity (Wildman–Crippen MR) is 207 cm³/mol. The van der Waals surface area contributed by atoms with Gasteiger partial charge in [-0.05, 0) is 95.2 Å². The van der Waals surface area contributed by atoms with Crippen LogP contribution in [0.2, 0.25) is 0 Å². The monoisotopic (exact) mass is 672 g/mol. The number of aliphatic imine (C=N–C) groups is 1. The molecule has 3 aliphatic heterocycles. The maximum atomic E-state index is 6.61. The SMILES string of the molecule is C1=CC(c2ccc(C3N4C(c5ccc(-n6c7ccccc7c7c8oc(-c9ccccc9)cc8ccc76)cc5)=NC(c5ccncc5)N34)cc2)=CCN1. The molecule has 5 aromatic carbocycles. The fourth-order valence-electron chi connectivity index (χ4n) is 8.01. The van der Waals surface area contributed by atoms with Crippen LogP contribution in [0.5, 0.6) is 0 Å². The van der Waals surface area contributed by atoms with Crippen molar-refractivity contribution in [1.82, 2.24) is 24.9 Å². The van der Waals surface area contributed by atoms with E-state index in [9.17, 15) is 0 Å². The number of aromatic nitrogens is 2. The summed E-state index contributed by atoms with van der Waals surface area (Å²) in [7, 11) is 0. The number of nitrogens with zero attached hydrogens (tertiary/aromatic N) is 5. The highest BCUT2D eigenvalue weighted by Crippen LogP contribution is 2.54. The summed E-state index contributed by atoms with van der Waals surface area (Å²) in [5.41, 5.74) is 11.2. The number of amidine groups is 1. The van der Waals surface area contributed by atoms with Crippen LogP contribution in [0.4, 0.5) is 0 Å². The summed E-state index contributed by atoms with van der Waals surface area (Å²) >= 11 is 0. The van der Waals surface area contributed by atoms with Crippen LogP contribution in [-0.4, -0.2) is 31.9 Å². The summed E-state index contributed by atoms with van der Waals surface area (Å²) in [6, 6.07) is 47.4. The summed E-state index contributed by atoms with van der Waals surface area (Å²) < 4.78 is 8.95. The molecule has 0 radical (unpaired) electrons. The first-order valence-electron chi connectivity index (χ1n) is 17.7. The maximum absolute atomic E-state index is 6.61. The second-order valence-electron chi connectivity index (χ2n) is 13.5. The number of fused-ring (bicyclic) bond motifs is 6. The molecule has 0 amide bonds. The quantitative estimate of drug-likeness (QED) is 0.178. The molecule has 1 saturated heterocycles. The lowest BCUT2D eigenvalue weighted by atomic mass is 10.0. The van der Waals surface area contributed by atoms with Gasteiger partial charge in [-0.1, -0.05) is 78.9 Å². The number of furan rings is 1. The fraction of sp³-hybridized carbons (Fsp3) is 0.0667. The number of rotatable bonds is 6. The molecule has 11 rings (SSSR count). The molecule has 52 heavy (non-hydrogen) atoms. The lowest BCUT2D eigenvalue weighted by Crippen LogP contribution is -2.12. The Balaban J connectivity index is 0.973. The van der Waals surface area contributed by atoms with E-state index in [0.29, 0.717) is 0 Å². The van der Waals surface area contributed by atoms with E-state index in [0.717, 1.165) is 67.9 Å².